The van der Waals surface area contributed by atoms with Crippen molar-refractivity contribution < 1.29 is 0 Å². The van der Waals surface area contributed by atoms with E-state index in [1.807, 2.05) is 12.1 Å². The number of nitrogens with zero attached hydrogens (tertiary/aromatic N) is 2. The highest BCUT2D eigenvalue weighted by Crippen LogP contribution is 2.09. The maximum Gasteiger partial charge on any atom is 0.0912 e. The molecule has 1 aromatic rings. The predicted octanol–water partition coefficient (Wildman–Crippen LogP) is 1.63. The van der Waals surface area contributed by atoms with E-state index >= 15 is 0 Å². The van der Waals surface area contributed by atoms with E-state index in [0.717, 1.165) is 38.3 Å². The highest BCUT2D eigenvalue weighted by atomic mass is 15.2. The molecule has 0 amide bonds. The van der Waals surface area contributed by atoms with Crippen LogP contribution in [0.3, 0.4) is 0 Å². The van der Waals surface area contributed by atoms with Crippen LogP contribution in [0.5, 0.6) is 0 Å². The molecule has 1 N–H and O–H groups in total. The van der Waals surface area contributed by atoms with Crippen molar-refractivity contribution in [1.82, 2.24) is 10.2 Å². The second kappa shape index (κ2) is 6.19. The Morgan fingerprint density at radius 3 is 2.59 bits per heavy atom. The van der Waals surface area contributed by atoms with E-state index in [1.165, 1.54) is 11.6 Å². The van der Waals surface area contributed by atoms with Gasteiger partial charge in [-0.05, 0) is 17.2 Å². The van der Waals surface area contributed by atoms with Gasteiger partial charge in [-0.2, -0.15) is 5.26 Å². The zero-order valence-corrected chi connectivity index (χ0v) is 9.89. The van der Waals surface area contributed by atoms with Crippen LogP contribution in [0.1, 0.15) is 11.1 Å². The van der Waals surface area contributed by atoms with Crippen molar-refractivity contribution in [3.8, 4) is 6.07 Å². The molecule has 3 heteroatoms. The summed E-state index contributed by atoms with van der Waals surface area (Å²) in [6.07, 6.45) is 3.33. The number of allylic oxidation sites excluding steroid dienone is 1. The van der Waals surface area contributed by atoms with Gasteiger partial charge in [-0.3, -0.25) is 4.90 Å². The SMILES string of the molecule is N#C/C=C/c1ccc(CN2CCNCC2)cc1. The van der Waals surface area contributed by atoms with Crippen molar-refractivity contribution in [3.63, 3.8) is 0 Å². The summed E-state index contributed by atoms with van der Waals surface area (Å²) in [4.78, 5) is 2.45. The van der Waals surface area contributed by atoms with Crippen LogP contribution < -0.4 is 5.32 Å². The molecule has 0 unspecified atom stereocenters. The zero-order valence-electron chi connectivity index (χ0n) is 9.89. The van der Waals surface area contributed by atoms with Crippen LogP contribution in [0, 0.1) is 11.3 Å². The van der Waals surface area contributed by atoms with Crippen LogP contribution in [0.25, 0.3) is 6.08 Å². The molecule has 1 aliphatic rings. The summed E-state index contributed by atoms with van der Waals surface area (Å²) in [7, 11) is 0. The average molecular weight is 227 g/mol. The van der Waals surface area contributed by atoms with Gasteiger partial charge in [0.05, 0.1) is 6.07 Å². The average Bonchev–Trinajstić information content (AvgIpc) is 2.39. The van der Waals surface area contributed by atoms with Crippen LogP contribution in [-0.2, 0) is 6.54 Å². The van der Waals surface area contributed by atoms with Crippen LogP contribution in [0.4, 0.5) is 0 Å². The van der Waals surface area contributed by atoms with E-state index in [-0.39, 0.29) is 0 Å². The van der Waals surface area contributed by atoms with Gasteiger partial charge in [-0.25, -0.2) is 0 Å². The van der Waals surface area contributed by atoms with Crippen molar-refractivity contribution >= 4 is 6.08 Å². The third kappa shape index (κ3) is 3.70. The smallest absolute Gasteiger partial charge is 0.0912 e. The Kier molecular flexibility index (Phi) is 4.31. The van der Waals surface area contributed by atoms with Gasteiger partial charge in [0, 0.05) is 38.8 Å². The zero-order chi connectivity index (χ0) is 11.9. The summed E-state index contributed by atoms with van der Waals surface area (Å²) in [5.41, 5.74) is 2.41. The Balaban J connectivity index is 1.93. The first-order valence-corrected chi connectivity index (χ1v) is 5.97. The fourth-order valence-electron chi connectivity index (χ4n) is 2.00. The van der Waals surface area contributed by atoms with E-state index in [0.29, 0.717) is 0 Å². The minimum atomic E-state index is 1.02. The molecule has 1 aliphatic heterocycles. The maximum atomic E-state index is 8.45. The number of nitrogens with one attached hydrogen (secondary N) is 1. The number of piperazine rings is 1. The van der Waals surface area contributed by atoms with Gasteiger partial charge >= 0.3 is 0 Å². The molecule has 0 bridgehead atoms. The monoisotopic (exact) mass is 227 g/mol. The topological polar surface area (TPSA) is 39.1 Å². The molecule has 17 heavy (non-hydrogen) atoms. The van der Waals surface area contributed by atoms with E-state index in [2.05, 4.69) is 34.5 Å². The van der Waals surface area contributed by atoms with Gasteiger partial charge in [0.2, 0.25) is 0 Å². The molecule has 1 heterocycles. The second-order valence-corrected chi connectivity index (χ2v) is 4.23. The summed E-state index contributed by atoms with van der Waals surface area (Å²) >= 11 is 0. The van der Waals surface area contributed by atoms with Crippen molar-refractivity contribution in [1.29, 1.82) is 5.26 Å². The van der Waals surface area contributed by atoms with Gasteiger partial charge in [0.15, 0.2) is 0 Å². The van der Waals surface area contributed by atoms with E-state index < -0.39 is 0 Å². The Morgan fingerprint density at radius 2 is 1.94 bits per heavy atom. The minimum Gasteiger partial charge on any atom is -0.314 e. The molecule has 2 rings (SSSR count). The first-order valence-electron chi connectivity index (χ1n) is 5.97. The molecule has 0 aliphatic carbocycles. The summed E-state index contributed by atoms with van der Waals surface area (Å²) < 4.78 is 0. The van der Waals surface area contributed by atoms with Crippen LogP contribution in [0.2, 0.25) is 0 Å². The fourth-order valence-corrected chi connectivity index (χ4v) is 2.00. The summed E-state index contributed by atoms with van der Waals surface area (Å²) in [5.74, 6) is 0. The number of rotatable bonds is 3. The predicted molar refractivity (Wildman–Crippen MR) is 69.2 cm³/mol. The Hall–Kier alpha value is -1.63. The number of nitriles is 1. The Bertz CT molecular complexity index is 408. The van der Waals surface area contributed by atoms with Gasteiger partial charge in [-0.1, -0.05) is 24.3 Å². The van der Waals surface area contributed by atoms with Crippen LogP contribution >= 0.6 is 0 Å². The molecule has 0 aromatic heterocycles. The van der Waals surface area contributed by atoms with Crippen molar-refractivity contribution in [3.05, 3.63) is 41.5 Å². The molecular weight excluding hydrogens is 210 g/mol. The standard InChI is InChI=1S/C14H17N3/c15-7-1-2-13-3-5-14(6-4-13)12-17-10-8-16-9-11-17/h1-6,16H,8-12H2/b2-1+. The third-order valence-corrected chi connectivity index (χ3v) is 2.95. The normalized spacial score (nSPS) is 17.1. The molecule has 88 valence electrons. The summed E-state index contributed by atoms with van der Waals surface area (Å²) in [5, 5.41) is 11.8. The fraction of sp³-hybridized carbons (Fsp3) is 0.357. The summed E-state index contributed by atoms with van der Waals surface area (Å²) in [6.45, 7) is 5.43. The quantitative estimate of drug-likeness (QED) is 0.798. The molecule has 0 atom stereocenters. The van der Waals surface area contributed by atoms with Crippen LogP contribution in [0.15, 0.2) is 30.3 Å². The molecule has 1 saturated heterocycles. The number of benzene rings is 1. The van der Waals surface area contributed by atoms with E-state index in [9.17, 15) is 0 Å². The Morgan fingerprint density at radius 1 is 1.24 bits per heavy atom. The van der Waals surface area contributed by atoms with Gasteiger partial charge < -0.3 is 5.32 Å². The lowest BCUT2D eigenvalue weighted by Gasteiger charge is -2.27. The first-order chi connectivity index (χ1) is 8.38. The molecule has 0 spiro atoms. The molecule has 3 nitrogen and oxygen atoms in total. The lowest BCUT2D eigenvalue weighted by atomic mass is 10.1. The molecule has 0 saturated carbocycles. The van der Waals surface area contributed by atoms with E-state index in [1.54, 1.807) is 0 Å². The lowest BCUT2D eigenvalue weighted by molar-refractivity contribution is 0.233. The maximum absolute atomic E-state index is 8.45. The van der Waals surface area contributed by atoms with Crippen molar-refractivity contribution in [2.24, 2.45) is 0 Å². The molecular formula is C14H17N3. The van der Waals surface area contributed by atoms with E-state index in [4.69, 9.17) is 5.26 Å². The van der Waals surface area contributed by atoms with Gasteiger partial charge in [-0.15, -0.1) is 0 Å². The van der Waals surface area contributed by atoms with Gasteiger partial charge in [0.1, 0.15) is 0 Å². The molecule has 1 aromatic carbocycles. The highest BCUT2D eigenvalue weighted by Gasteiger charge is 2.09. The van der Waals surface area contributed by atoms with Crippen LogP contribution in [-0.4, -0.2) is 31.1 Å². The number of hydrogen-bond acceptors (Lipinski definition) is 3. The Labute approximate surface area is 102 Å². The first kappa shape index (κ1) is 11.8. The highest BCUT2D eigenvalue weighted by molar-refractivity contribution is 5.52. The van der Waals surface area contributed by atoms with Gasteiger partial charge in [0.25, 0.3) is 0 Å². The lowest BCUT2D eigenvalue weighted by Crippen LogP contribution is -2.42. The third-order valence-electron chi connectivity index (χ3n) is 2.95. The second-order valence-electron chi connectivity index (χ2n) is 4.23. The summed E-state index contributed by atoms with van der Waals surface area (Å²) in [6, 6.07) is 10.4. The molecule has 0 radical (unpaired) electrons. The van der Waals surface area contributed by atoms with Crippen molar-refractivity contribution in [2.75, 3.05) is 26.2 Å². The minimum absolute atomic E-state index is 1.02. The molecule has 1 fully saturated rings. The van der Waals surface area contributed by atoms with Crippen molar-refractivity contribution in [2.45, 2.75) is 6.54 Å². The largest absolute Gasteiger partial charge is 0.314 e. The number of hydrogen-bond donors (Lipinski definition) is 1.